The monoisotopic (exact) mass is 325 g/mol. The van der Waals surface area contributed by atoms with Gasteiger partial charge in [0, 0.05) is 17.0 Å². The van der Waals surface area contributed by atoms with Crippen molar-refractivity contribution in [2.24, 2.45) is 0 Å². The summed E-state index contributed by atoms with van der Waals surface area (Å²) in [6.45, 7) is 4.06. The summed E-state index contributed by atoms with van der Waals surface area (Å²) in [4.78, 5) is 4.38. The Morgan fingerprint density at radius 2 is 2.27 bits per heavy atom. The molecule has 0 unspecified atom stereocenters. The highest BCUT2D eigenvalue weighted by molar-refractivity contribution is 6.31. The second kappa shape index (κ2) is 6.73. The lowest BCUT2D eigenvalue weighted by atomic mass is 10.1. The number of rotatable bonds is 4. The van der Waals surface area contributed by atoms with Crippen LogP contribution in [0.5, 0.6) is 0 Å². The van der Waals surface area contributed by atoms with Gasteiger partial charge in [0.2, 0.25) is 0 Å². The van der Waals surface area contributed by atoms with Gasteiger partial charge in [0.05, 0.1) is 26.4 Å². The van der Waals surface area contributed by atoms with Crippen LogP contribution in [0.2, 0.25) is 5.02 Å². The van der Waals surface area contributed by atoms with E-state index >= 15 is 0 Å². The summed E-state index contributed by atoms with van der Waals surface area (Å²) in [6.07, 6.45) is 0.226. The molecule has 2 heterocycles. The second-order valence-electron chi connectivity index (χ2n) is 5.20. The molecule has 1 aromatic heterocycles. The lowest BCUT2D eigenvalue weighted by molar-refractivity contribution is -0.0948. The van der Waals surface area contributed by atoms with Crippen LogP contribution in [0.15, 0.2) is 18.2 Å². The highest BCUT2D eigenvalue weighted by Crippen LogP contribution is 2.22. The fraction of sp³-hybridized carbons (Fsp3) is 0.467. The predicted molar refractivity (Wildman–Crippen MR) is 79.5 cm³/mol. The van der Waals surface area contributed by atoms with Gasteiger partial charge < -0.3 is 9.47 Å². The standard InChI is InChI=1S/C15H17ClFN3O2/c1-10-18-15(7-12-13(16)3-2-4-14(12)17)20(19-10)8-11-9-21-5-6-22-11/h2-4,11H,5-9H2,1H3/t11-/m0/s1. The van der Waals surface area contributed by atoms with Crippen molar-refractivity contribution in [3.05, 3.63) is 46.3 Å². The summed E-state index contributed by atoms with van der Waals surface area (Å²) in [5, 5.41) is 4.76. The zero-order valence-corrected chi connectivity index (χ0v) is 13.0. The minimum absolute atomic E-state index is 0.0651. The first-order chi connectivity index (χ1) is 10.6. The van der Waals surface area contributed by atoms with Gasteiger partial charge in [0.15, 0.2) is 0 Å². The van der Waals surface area contributed by atoms with Gasteiger partial charge in [-0.3, -0.25) is 0 Å². The molecule has 2 aromatic rings. The van der Waals surface area contributed by atoms with E-state index in [-0.39, 0.29) is 11.9 Å². The molecule has 1 aromatic carbocycles. The molecule has 0 saturated carbocycles. The van der Waals surface area contributed by atoms with Crippen LogP contribution in [-0.2, 0) is 22.4 Å². The molecule has 0 amide bonds. The third-order valence-corrected chi connectivity index (χ3v) is 3.87. The van der Waals surface area contributed by atoms with Crippen LogP contribution in [0.1, 0.15) is 17.2 Å². The molecule has 0 radical (unpaired) electrons. The number of halogens is 2. The predicted octanol–water partition coefficient (Wildman–Crippen LogP) is 2.39. The molecule has 0 aliphatic carbocycles. The quantitative estimate of drug-likeness (QED) is 0.866. The Balaban J connectivity index is 1.81. The van der Waals surface area contributed by atoms with E-state index in [1.165, 1.54) is 6.07 Å². The minimum Gasteiger partial charge on any atom is -0.376 e. The third kappa shape index (κ3) is 3.45. The number of aryl methyl sites for hydroxylation is 1. The van der Waals surface area contributed by atoms with Crippen molar-refractivity contribution in [2.75, 3.05) is 19.8 Å². The average molecular weight is 326 g/mol. The molecule has 1 aliphatic rings. The minimum atomic E-state index is -0.336. The van der Waals surface area contributed by atoms with Gasteiger partial charge in [0.25, 0.3) is 0 Å². The molecule has 118 valence electrons. The molecule has 5 nitrogen and oxygen atoms in total. The van der Waals surface area contributed by atoms with E-state index in [4.69, 9.17) is 21.1 Å². The van der Waals surface area contributed by atoms with Crippen molar-refractivity contribution in [2.45, 2.75) is 26.0 Å². The molecule has 1 aliphatic heterocycles. The number of hydrogen-bond donors (Lipinski definition) is 0. The third-order valence-electron chi connectivity index (χ3n) is 3.51. The first kappa shape index (κ1) is 15.4. The van der Waals surface area contributed by atoms with E-state index in [2.05, 4.69) is 10.1 Å². The number of benzene rings is 1. The van der Waals surface area contributed by atoms with Crippen LogP contribution in [0.25, 0.3) is 0 Å². The summed E-state index contributed by atoms with van der Waals surface area (Å²) in [6, 6.07) is 4.66. The molecule has 1 atom stereocenters. The Bertz CT molecular complexity index is 636. The van der Waals surface area contributed by atoms with Crippen LogP contribution in [0.4, 0.5) is 4.39 Å². The zero-order valence-electron chi connectivity index (χ0n) is 12.3. The van der Waals surface area contributed by atoms with Crippen LogP contribution in [-0.4, -0.2) is 40.7 Å². The van der Waals surface area contributed by atoms with E-state index in [0.29, 0.717) is 55.0 Å². The van der Waals surface area contributed by atoms with Crippen molar-refractivity contribution in [1.82, 2.24) is 14.8 Å². The fourth-order valence-corrected chi connectivity index (χ4v) is 2.70. The molecule has 0 spiro atoms. The van der Waals surface area contributed by atoms with Gasteiger partial charge in [-0.25, -0.2) is 14.1 Å². The van der Waals surface area contributed by atoms with Gasteiger partial charge in [-0.05, 0) is 19.1 Å². The first-order valence-electron chi connectivity index (χ1n) is 7.16. The molecule has 0 N–H and O–H groups in total. The van der Waals surface area contributed by atoms with E-state index in [1.54, 1.807) is 23.7 Å². The van der Waals surface area contributed by atoms with E-state index in [1.807, 2.05) is 0 Å². The van der Waals surface area contributed by atoms with Crippen LogP contribution in [0, 0.1) is 12.7 Å². The molecule has 0 bridgehead atoms. The Hall–Kier alpha value is -1.50. The van der Waals surface area contributed by atoms with Gasteiger partial charge in [-0.2, -0.15) is 5.10 Å². The number of nitrogens with zero attached hydrogens (tertiary/aromatic N) is 3. The maximum Gasteiger partial charge on any atom is 0.147 e. The van der Waals surface area contributed by atoms with E-state index in [0.717, 1.165) is 0 Å². The largest absolute Gasteiger partial charge is 0.376 e. The van der Waals surface area contributed by atoms with Crippen molar-refractivity contribution in [3.8, 4) is 0 Å². The maximum absolute atomic E-state index is 13.9. The molecular formula is C15H17ClFN3O2. The molecule has 3 rings (SSSR count). The lowest BCUT2D eigenvalue weighted by Gasteiger charge is -2.23. The number of aromatic nitrogens is 3. The molecule has 7 heteroatoms. The molecule has 1 fully saturated rings. The Labute approximate surface area is 133 Å². The zero-order chi connectivity index (χ0) is 15.5. The lowest BCUT2D eigenvalue weighted by Crippen LogP contribution is -2.33. The molecule has 22 heavy (non-hydrogen) atoms. The molecule has 1 saturated heterocycles. The maximum atomic E-state index is 13.9. The van der Waals surface area contributed by atoms with Crippen molar-refractivity contribution >= 4 is 11.6 Å². The molecular weight excluding hydrogens is 309 g/mol. The second-order valence-corrected chi connectivity index (χ2v) is 5.61. The van der Waals surface area contributed by atoms with Gasteiger partial charge in [-0.1, -0.05) is 17.7 Å². The van der Waals surface area contributed by atoms with E-state index < -0.39 is 0 Å². The van der Waals surface area contributed by atoms with Gasteiger partial charge in [-0.15, -0.1) is 0 Å². The van der Waals surface area contributed by atoms with Crippen LogP contribution >= 0.6 is 11.6 Å². The number of hydrogen-bond acceptors (Lipinski definition) is 4. The van der Waals surface area contributed by atoms with Crippen molar-refractivity contribution in [1.29, 1.82) is 0 Å². The summed E-state index contributed by atoms with van der Waals surface area (Å²) < 4.78 is 26.7. The average Bonchev–Trinajstić information content (AvgIpc) is 2.84. The van der Waals surface area contributed by atoms with Crippen LogP contribution < -0.4 is 0 Å². The normalized spacial score (nSPS) is 18.6. The topological polar surface area (TPSA) is 49.2 Å². The van der Waals surface area contributed by atoms with Crippen LogP contribution in [0.3, 0.4) is 0 Å². The highest BCUT2D eigenvalue weighted by Gasteiger charge is 2.19. The fourth-order valence-electron chi connectivity index (χ4n) is 2.47. The Kier molecular flexibility index (Phi) is 4.71. The Morgan fingerprint density at radius 1 is 1.41 bits per heavy atom. The smallest absolute Gasteiger partial charge is 0.147 e. The van der Waals surface area contributed by atoms with Crippen molar-refractivity contribution < 1.29 is 13.9 Å². The van der Waals surface area contributed by atoms with Crippen molar-refractivity contribution in [3.63, 3.8) is 0 Å². The SMILES string of the molecule is Cc1nc(Cc2c(F)cccc2Cl)n(C[C@H]2COCCO2)n1. The van der Waals surface area contributed by atoms with E-state index in [9.17, 15) is 4.39 Å². The summed E-state index contributed by atoms with van der Waals surface area (Å²) in [5.41, 5.74) is 0.429. The highest BCUT2D eigenvalue weighted by atomic mass is 35.5. The number of ether oxygens (including phenoxy) is 2. The van der Waals surface area contributed by atoms with Gasteiger partial charge >= 0.3 is 0 Å². The van der Waals surface area contributed by atoms with Gasteiger partial charge in [0.1, 0.15) is 23.6 Å². The summed E-state index contributed by atoms with van der Waals surface area (Å²) in [7, 11) is 0. The summed E-state index contributed by atoms with van der Waals surface area (Å²) in [5.74, 6) is 0.967. The Morgan fingerprint density at radius 3 is 3.00 bits per heavy atom. The summed E-state index contributed by atoms with van der Waals surface area (Å²) >= 11 is 6.09. The first-order valence-corrected chi connectivity index (χ1v) is 7.54.